The maximum absolute atomic E-state index is 11.7. The summed E-state index contributed by atoms with van der Waals surface area (Å²) in [5.41, 5.74) is 2.84. The van der Waals surface area contributed by atoms with E-state index in [0.717, 1.165) is 11.1 Å². The molecule has 0 heterocycles. The van der Waals surface area contributed by atoms with Crippen LogP contribution in [0, 0.1) is 13.8 Å². The molecule has 0 aliphatic carbocycles. The summed E-state index contributed by atoms with van der Waals surface area (Å²) in [6.45, 7) is 3.45. The molecule has 4 aromatic rings. The number of hydrogen-bond donors (Lipinski definition) is 0. The average molecular weight is 501 g/mol. The van der Waals surface area contributed by atoms with Crippen molar-refractivity contribution in [3.05, 3.63) is 82.9 Å². The van der Waals surface area contributed by atoms with E-state index in [2.05, 4.69) is 0 Å². The van der Waals surface area contributed by atoms with E-state index in [4.69, 9.17) is 0 Å². The first kappa shape index (κ1) is 28.5. The smallest absolute Gasteiger partial charge is 0.744 e. The summed E-state index contributed by atoms with van der Waals surface area (Å²) in [6.07, 6.45) is 0.365. The summed E-state index contributed by atoms with van der Waals surface area (Å²) in [6, 6.07) is 16.8. The summed E-state index contributed by atoms with van der Waals surface area (Å²) in [5, 5.41) is 1.98. The SMILES string of the molecule is Cc1cc(S(=O)(=O)[O-])c2cc(Cc3ccc4cc(C)cc(S(=O)(=O)[O-])c4c3)ccc2c1.[Na+].[Na+]. The zero-order valence-electron chi connectivity index (χ0n) is 18.7. The number of rotatable bonds is 4. The molecule has 10 heteroatoms. The van der Waals surface area contributed by atoms with Crippen LogP contribution >= 0.6 is 0 Å². The van der Waals surface area contributed by atoms with Crippen molar-refractivity contribution in [3.8, 4) is 0 Å². The van der Waals surface area contributed by atoms with E-state index >= 15 is 0 Å². The second-order valence-electron chi connectivity index (χ2n) is 7.72. The molecule has 0 fully saturated rings. The van der Waals surface area contributed by atoms with Gasteiger partial charge in [-0.25, -0.2) is 16.8 Å². The summed E-state index contributed by atoms with van der Waals surface area (Å²) in [4.78, 5) is -0.531. The predicted octanol–water partition coefficient (Wildman–Crippen LogP) is -1.98. The van der Waals surface area contributed by atoms with Crippen LogP contribution in [0.1, 0.15) is 22.3 Å². The molecule has 0 amide bonds. The Kier molecular flexibility index (Phi) is 9.02. The molecule has 33 heavy (non-hydrogen) atoms. The molecule has 0 atom stereocenters. The van der Waals surface area contributed by atoms with Crippen LogP contribution in [-0.4, -0.2) is 25.9 Å². The summed E-state index contributed by atoms with van der Waals surface area (Å²) in [5.74, 6) is 0. The van der Waals surface area contributed by atoms with Crippen LogP contribution in [0.25, 0.3) is 21.5 Å². The van der Waals surface area contributed by atoms with Gasteiger partial charge in [-0.15, -0.1) is 0 Å². The maximum Gasteiger partial charge on any atom is 1.00 e. The number of benzene rings is 4. The monoisotopic (exact) mass is 500 g/mol. The molecular formula is C23H18Na2O6S2. The minimum absolute atomic E-state index is 0. The first-order valence-corrected chi connectivity index (χ1v) is 12.2. The van der Waals surface area contributed by atoms with Crippen LogP contribution in [0.15, 0.2) is 70.5 Å². The molecule has 0 bridgehead atoms. The third-order valence-electron chi connectivity index (χ3n) is 5.20. The molecule has 0 saturated heterocycles. The largest absolute Gasteiger partial charge is 1.00 e. The van der Waals surface area contributed by atoms with E-state index in [0.29, 0.717) is 39.1 Å². The topological polar surface area (TPSA) is 114 Å². The molecule has 0 spiro atoms. The summed E-state index contributed by atoms with van der Waals surface area (Å²) < 4.78 is 70.4. The third kappa shape index (κ3) is 6.27. The fourth-order valence-corrected chi connectivity index (χ4v) is 5.45. The number of fused-ring (bicyclic) bond motifs is 2. The van der Waals surface area contributed by atoms with Crippen LogP contribution < -0.4 is 59.1 Å². The van der Waals surface area contributed by atoms with Crippen LogP contribution in [0.4, 0.5) is 0 Å². The van der Waals surface area contributed by atoms with Gasteiger partial charge in [-0.2, -0.15) is 0 Å². The Morgan fingerprint density at radius 1 is 0.606 bits per heavy atom. The maximum atomic E-state index is 11.7. The zero-order chi connectivity index (χ0) is 22.6. The van der Waals surface area contributed by atoms with Crippen molar-refractivity contribution in [1.82, 2.24) is 0 Å². The molecule has 160 valence electrons. The van der Waals surface area contributed by atoms with Crippen molar-refractivity contribution in [1.29, 1.82) is 0 Å². The van der Waals surface area contributed by atoms with E-state index in [1.54, 1.807) is 50.2 Å². The fraction of sp³-hybridized carbons (Fsp3) is 0.130. The van der Waals surface area contributed by atoms with Gasteiger partial charge in [0.1, 0.15) is 20.2 Å². The van der Waals surface area contributed by atoms with Crippen molar-refractivity contribution in [3.63, 3.8) is 0 Å². The van der Waals surface area contributed by atoms with Gasteiger partial charge in [0, 0.05) is 0 Å². The first-order valence-electron chi connectivity index (χ1n) is 9.40. The standard InChI is InChI=1S/C23H20O6S2.2Na/c1-14-7-18-5-3-16(12-20(18)22(9-14)30(24,25)26)11-17-4-6-19-8-15(2)10-23(21(19)13-17)31(27,28)29;;/h3-10,12-13H,11H2,1-2H3,(H,24,25,26)(H,27,28,29);;/q;2*+1/p-2. The van der Waals surface area contributed by atoms with Crippen molar-refractivity contribution >= 4 is 41.8 Å². The minimum atomic E-state index is -4.65. The Morgan fingerprint density at radius 3 is 1.30 bits per heavy atom. The molecule has 6 nitrogen and oxygen atoms in total. The molecule has 0 aliphatic rings. The van der Waals surface area contributed by atoms with E-state index < -0.39 is 20.2 Å². The second kappa shape index (κ2) is 10.5. The van der Waals surface area contributed by atoms with Crippen LogP contribution in [0.3, 0.4) is 0 Å². The van der Waals surface area contributed by atoms with Gasteiger partial charge in [-0.05, 0) is 88.3 Å². The van der Waals surface area contributed by atoms with Crippen molar-refractivity contribution in [2.24, 2.45) is 0 Å². The van der Waals surface area contributed by atoms with Gasteiger partial charge in [-0.3, -0.25) is 0 Å². The molecule has 0 radical (unpaired) electrons. The average Bonchev–Trinajstić information content (AvgIpc) is 2.65. The van der Waals surface area contributed by atoms with Gasteiger partial charge in [0.15, 0.2) is 0 Å². The molecule has 0 N–H and O–H groups in total. The second-order valence-corrected chi connectivity index (χ2v) is 10.4. The van der Waals surface area contributed by atoms with Gasteiger partial charge in [0.2, 0.25) is 0 Å². The number of hydrogen-bond acceptors (Lipinski definition) is 6. The minimum Gasteiger partial charge on any atom is -0.744 e. The van der Waals surface area contributed by atoms with Gasteiger partial charge >= 0.3 is 59.1 Å². The van der Waals surface area contributed by atoms with Gasteiger partial charge in [-0.1, -0.05) is 36.4 Å². The molecule has 4 rings (SSSR count). The fourth-order valence-electron chi connectivity index (χ4n) is 3.90. The third-order valence-corrected chi connectivity index (χ3v) is 6.95. The number of aryl methyl sites for hydroxylation is 2. The Bertz CT molecular complexity index is 1460. The van der Waals surface area contributed by atoms with Gasteiger partial charge in [0.05, 0.1) is 9.79 Å². The quantitative estimate of drug-likeness (QED) is 0.237. The van der Waals surface area contributed by atoms with Crippen molar-refractivity contribution < 1.29 is 85.1 Å². The Labute approximate surface area is 237 Å². The van der Waals surface area contributed by atoms with Gasteiger partial charge < -0.3 is 9.11 Å². The molecular weight excluding hydrogens is 482 g/mol. The van der Waals surface area contributed by atoms with Crippen molar-refractivity contribution in [2.45, 2.75) is 30.1 Å². The summed E-state index contributed by atoms with van der Waals surface area (Å²) in [7, 11) is -9.30. The van der Waals surface area contributed by atoms with Crippen LogP contribution in [-0.2, 0) is 26.7 Å². The zero-order valence-corrected chi connectivity index (χ0v) is 24.4. The summed E-state index contributed by atoms with van der Waals surface area (Å²) >= 11 is 0. The predicted molar refractivity (Wildman–Crippen MR) is 116 cm³/mol. The molecule has 0 aromatic heterocycles. The van der Waals surface area contributed by atoms with E-state index in [9.17, 15) is 25.9 Å². The first-order chi connectivity index (χ1) is 14.4. The molecule has 0 saturated carbocycles. The normalized spacial score (nSPS) is 11.8. The van der Waals surface area contributed by atoms with E-state index in [-0.39, 0.29) is 68.9 Å². The Hall–Kier alpha value is -0.780. The molecule has 4 aromatic carbocycles. The van der Waals surface area contributed by atoms with Crippen LogP contribution in [0.5, 0.6) is 0 Å². The van der Waals surface area contributed by atoms with Crippen LogP contribution in [0.2, 0.25) is 0 Å². The van der Waals surface area contributed by atoms with E-state index in [1.807, 2.05) is 12.1 Å². The Morgan fingerprint density at radius 2 is 0.970 bits per heavy atom. The Balaban J connectivity index is 0.00000193. The van der Waals surface area contributed by atoms with Crippen molar-refractivity contribution in [2.75, 3.05) is 0 Å². The molecule has 0 unspecified atom stereocenters. The van der Waals surface area contributed by atoms with Gasteiger partial charge in [0.25, 0.3) is 0 Å². The molecule has 0 aliphatic heterocycles. The van der Waals surface area contributed by atoms with E-state index in [1.165, 1.54) is 12.1 Å².